The van der Waals surface area contributed by atoms with Crippen molar-refractivity contribution < 1.29 is 9.84 Å². The molecule has 3 N–H and O–H groups in total. The summed E-state index contributed by atoms with van der Waals surface area (Å²) in [6, 6.07) is 5.32. The van der Waals surface area contributed by atoms with Gasteiger partial charge in [-0.25, -0.2) is 9.98 Å². The summed E-state index contributed by atoms with van der Waals surface area (Å²) in [6.07, 6.45) is 3.86. The molecular formula is C18H26N4O2S. The van der Waals surface area contributed by atoms with Crippen molar-refractivity contribution in [2.45, 2.75) is 33.2 Å². The van der Waals surface area contributed by atoms with E-state index in [9.17, 15) is 5.11 Å². The molecule has 136 valence electrons. The van der Waals surface area contributed by atoms with E-state index < -0.39 is 0 Å². The van der Waals surface area contributed by atoms with Crippen molar-refractivity contribution in [2.24, 2.45) is 4.99 Å². The number of rotatable bonds is 8. The number of phenolic OH excluding ortho intramolecular Hbond substituents is 1. The summed E-state index contributed by atoms with van der Waals surface area (Å²) < 4.78 is 5.05. The monoisotopic (exact) mass is 362 g/mol. The van der Waals surface area contributed by atoms with E-state index in [-0.39, 0.29) is 5.75 Å². The van der Waals surface area contributed by atoms with Gasteiger partial charge in [-0.05, 0) is 31.0 Å². The van der Waals surface area contributed by atoms with Crippen LogP contribution in [0.2, 0.25) is 0 Å². The number of hydrogen-bond acceptors (Lipinski definition) is 5. The third kappa shape index (κ3) is 5.94. The van der Waals surface area contributed by atoms with Crippen molar-refractivity contribution in [3.63, 3.8) is 0 Å². The Morgan fingerprint density at radius 3 is 2.80 bits per heavy atom. The Balaban J connectivity index is 1.90. The fourth-order valence-corrected chi connectivity index (χ4v) is 3.12. The van der Waals surface area contributed by atoms with Crippen LogP contribution in [0.25, 0.3) is 0 Å². The maximum Gasteiger partial charge on any atom is 0.191 e. The number of nitrogens with zero attached hydrogens (tertiary/aromatic N) is 2. The van der Waals surface area contributed by atoms with Gasteiger partial charge in [0.05, 0.1) is 18.7 Å². The molecule has 0 atom stereocenters. The zero-order chi connectivity index (χ0) is 18.1. The molecule has 1 heterocycles. The molecule has 0 aliphatic heterocycles. The minimum atomic E-state index is 0.128. The summed E-state index contributed by atoms with van der Waals surface area (Å²) in [5, 5.41) is 17.5. The molecule has 7 heteroatoms. The number of aromatic hydroxyl groups is 1. The Morgan fingerprint density at radius 2 is 2.16 bits per heavy atom. The summed E-state index contributed by atoms with van der Waals surface area (Å²) >= 11 is 1.76. The number of hydrogen-bond donors (Lipinski definition) is 3. The predicted octanol–water partition coefficient (Wildman–Crippen LogP) is 2.72. The standard InChI is InChI=1S/C18H26N4O2S/c1-4-14-12-21-17(25-14)8-9-20-18(19-5-2)22-11-13-6-7-16(24-3)15(23)10-13/h6-7,10,12,23H,4-5,8-9,11H2,1-3H3,(H2,19,20,22). The van der Waals surface area contributed by atoms with Crippen LogP contribution in [0.5, 0.6) is 11.5 Å². The highest BCUT2D eigenvalue weighted by Gasteiger charge is 2.04. The highest BCUT2D eigenvalue weighted by atomic mass is 32.1. The maximum atomic E-state index is 9.84. The minimum Gasteiger partial charge on any atom is -0.504 e. The van der Waals surface area contributed by atoms with Gasteiger partial charge in [0, 0.05) is 30.6 Å². The molecule has 0 radical (unpaired) electrons. The van der Waals surface area contributed by atoms with Crippen molar-refractivity contribution in [3.8, 4) is 11.5 Å². The first-order valence-corrected chi connectivity index (χ1v) is 9.29. The summed E-state index contributed by atoms with van der Waals surface area (Å²) in [5.74, 6) is 1.35. The molecule has 0 bridgehead atoms. The van der Waals surface area contributed by atoms with Gasteiger partial charge in [-0.2, -0.15) is 0 Å². The Bertz CT molecular complexity index is 700. The lowest BCUT2D eigenvalue weighted by Gasteiger charge is -2.11. The van der Waals surface area contributed by atoms with Crippen LogP contribution >= 0.6 is 11.3 Å². The van der Waals surface area contributed by atoms with Gasteiger partial charge in [0.15, 0.2) is 17.5 Å². The lowest BCUT2D eigenvalue weighted by molar-refractivity contribution is 0.373. The molecule has 0 saturated heterocycles. The smallest absolute Gasteiger partial charge is 0.191 e. The van der Waals surface area contributed by atoms with Gasteiger partial charge in [-0.3, -0.25) is 0 Å². The molecule has 0 aliphatic rings. The summed E-state index contributed by atoms with van der Waals surface area (Å²) in [4.78, 5) is 10.3. The summed E-state index contributed by atoms with van der Waals surface area (Å²) in [7, 11) is 1.53. The van der Waals surface area contributed by atoms with Crippen LogP contribution in [0.4, 0.5) is 0 Å². The number of ether oxygens (including phenoxy) is 1. The molecule has 6 nitrogen and oxygen atoms in total. The van der Waals surface area contributed by atoms with Crippen molar-refractivity contribution in [1.29, 1.82) is 0 Å². The zero-order valence-corrected chi connectivity index (χ0v) is 15.8. The fraction of sp³-hybridized carbons (Fsp3) is 0.444. The predicted molar refractivity (Wildman–Crippen MR) is 103 cm³/mol. The SMILES string of the molecule is CCNC(=NCc1ccc(OC)c(O)c1)NCCc1ncc(CC)s1. The first-order chi connectivity index (χ1) is 12.2. The lowest BCUT2D eigenvalue weighted by Crippen LogP contribution is -2.38. The molecule has 2 rings (SSSR count). The highest BCUT2D eigenvalue weighted by molar-refractivity contribution is 7.11. The molecule has 2 aromatic rings. The van der Waals surface area contributed by atoms with Crippen molar-refractivity contribution in [3.05, 3.63) is 39.8 Å². The van der Waals surface area contributed by atoms with Crippen LogP contribution < -0.4 is 15.4 Å². The van der Waals surface area contributed by atoms with Crippen LogP contribution in [0, 0.1) is 0 Å². The van der Waals surface area contributed by atoms with Crippen molar-refractivity contribution in [1.82, 2.24) is 15.6 Å². The van der Waals surface area contributed by atoms with Gasteiger partial charge in [0.1, 0.15) is 0 Å². The van der Waals surface area contributed by atoms with Gasteiger partial charge < -0.3 is 20.5 Å². The number of methoxy groups -OCH3 is 1. The lowest BCUT2D eigenvalue weighted by atomic mass is 10.2. The van der Waals surface area contributed by atoms with Crippen LogP contribution in [-0.4, -0.2) is 36.2 Å². The summed E-state index contributed by atoms with van der Waals surface area (Å²) in [5.41, 5.74) is 0.919. The fourth-order valence-electron chi connectivity index (χ4n) is 2.26. The van der Waals surface area contributed by atoms with E-state index in [0.29, 0.717) is 12.3 Å². The van der Waals surface area contributed by atoms with Crippen LogP contribution in [0.3, 0.4) is 0 Å². The van der Waals surface area contributed by atoms with Crippen LogP contribution in [0.15, 0.2) is 29.4 Å². The van der Waals surface area contributed by atoms with Gasteiger partial charge in [0.25, 0.3) is 0 Å². The van der Waals surface area contributed by atoms with Crippen LogP contribution in [-0.2, 0) is 19.4 Å². The number of phenols is 1. The Labute approximate surface area is 153 Å². The first kappa shape index (κ1) is 19.1. The number of aryl methyl sites for hydroxylation is 1. The quantitative estimate of drug-likeness (QED) is 0.497. The topological polar surface area (TPSA) is 78.8 Å². The number of thiazole rings is 1. The van der Waals surface area contributed by atoms with Gasteiger partial charge in [-0.15, -0.1) is 11.3 Å². The van der Waals surface area contributed by atoms with Crippen molar-refractivity contribution in [2.75, 3.05) is 20.2 Å². The number of nitrogens with one attached hydrogen (secondary N) is 2. The van der Waals surface area contributed by atoms with Crippen LogP contribution in [0.1, 0.15) is 29.3 Å². The Kier molecular flexibility index (Phi) is 7.53. The second-order valence-corrected chi connectivity index (χ2v) is 6.65. The Hall–Kier alpha value is -2.28. The molecule has 0 fully saturated rings. The average molecular weight is 362 g/mol. The van der Waals surface area contributed by atoms with E-state index in [2.05, 4.69) is 27.5 Å². The molecule has 0 amide bonds. The molecule has 0 unspecified atom stereocenters. The normalized spacial score (nSPS) is 11.4. The van der Waals surface area contributed by atoms with Gasteiger partial charge in [-0.1, -0.05) is 13.0 Å². The van der Waals surface area contributed by atoms with E-state index in [1.54, 1.807) is 23.5 Å². The summed E-state index contributed by atoms with van der Waals surface area (Å²) in [6.45, 7) is 6.21. The molecular weight excluding hydrogens is 336 g/mol. The van der Waals surface area contributed by atoms with Gasteiger partial charge >= 0.3 is 0 Å². The molecule has 0 saturated carbocycles. The Morgan fingerprint density at radius 1 is 1.32 bits per heavy atom. The molecule has 1 aromatic heterocycles. The third-order valence-corrected chi connectivity index (χ3v) is 4.79. The third-order valence-electron chi connectivity index (χ3n) is 3.59. The molecule has 0 spiro atoms. The van der Waals surface area contributed by atoms with Crippen molar-refractivity contribution >= 4 is 17.3 Å². The van der Waals surface area contributed by atoms with E-state index in [1.165, 1.54) is 12.0 Å². The van der Waals surface area contributed by atoms with E-state index in [1.807, 2.05) is 19.2 Å². The number of aromatic nitrogens is 1. The van der Waals surface area contributed by atoms with E-state index >= 15 is 0 Å². The largest absolute Gasteiger partial charge is 0.504 e. The molecule has 1 aromatic carbocycles. The molecule has 0 aliphatic carbocycles. The average Bonchev–Trinajstić information content (AvgIpc) is 3.08. The van der Waals surface area contributed by atoms with E-state index in [4.69, 9.17) is 4.74 Å². The highest BCUT2D eigenvalue weighted by Crippen LogP contribution is 2.26. The maximum absolute atomic E-state index is 9.84. The second-order valence-electron chi connectivity index (χ2n) is 5.45. The first-order valence-electron chi connectivity index (χ1n) is 8.47. The van der Waals surface area contributed by atoms with Gasteiger partial charge in [0.2, 0.25) is 0 Å². The second kappa shape index (κ2) is 9.88. The molecule has 25 heavy (non-hydrogen) atoms. The number of aliphatic imine (C=N–C) groups is 1. The zero-order valence-electron chi connectivity index (χ0n) is 15.0. The number of benzene rings is 1. The van der Waals surface area contributed by atoms with E-state index in [0.717, 1.165) is 42.5 Å². The minimum absolute atomic E-state index is 0.128. The number of guanidine groups is 1.